The first-order valence-corrected chi connectivity index (χ1v) is 4.70. The Labute approximate surface area is 84.6 Å². The lowest BCUT2D eigenvalue weighted by atomic mass is 10.1. The van der Waals surface area contributed by atoms with Gasteiger partial charge < -0.3 is 5.32 Å². The molecule has 0 saturated carbocycles. The largest absolute Gasteiger partial charge is 0.326 e. The van der Waals surface area contributed by atoms with Gasteiger partial charge in [-0.05, 0) is 18.1 Å². The van der Waals surface area contributed by atoms with Crippen LogP contribution in [0.4, 0.5) is 5.69 Å². The fourth-order valence-electron chi connectivity index (χ4n) is 1.11. The molecule has 1 N–H and O–H groups in total. The number of hydrogen-bond donors (Lipinski definition) is 1. The van der Waals surface area contributed by atoms with Crippen molar-refractivity contribution in [2.24, 2.45) is 5.92 Å². The van der Waals surface area contributed by atoms with Gasteiger partial charge in [-0.2, -0.15) is 0 Å². The van der Waals surface area contributed by atoms with Crippen molar-refractivity contribution in [3.8, 4) is 0 Å². The second-order valence-electron chi connectivity index (χ2n) is 3.33. The predicted molar refractivity (Wildman–Crippen MR) is 59.0 cm³/mol. The number of para-hydroxylation sites is 1. The first-order valence-electron chi connectivity index (χ1n) is 4.70. The van der Waals surface area contributed by atoms with Crippen LogP contribution in [0.2, 0.25) is 0 Å². The zero-order chi connectivity index (χ0) is 10.4. The van der Waals surface area contributed by atoms with E-state index in [0.29, 0.717) is 6.42 Å². The molecule has 1 amide bonds. The molecule has 0 aliphatic heterocycles. The Kier molecular flexibility index (Phi) is 3.92. The molecule has 2 heteroatoms. The van der Waals surface area contributed by atoms with Gasteiger partial charge in [-0.1, -0.05) is 31.2 Å². The molecule has 0 radical (unpaired) electrons. The van der Waals surface area contributed by atoms with Crippen LogP contribution in [0.5, 0.6) is 0 Å². The van der Waals surface area contributed by atoms with E-state index in [9.17, 15) is 4.79 Å². The number of carbonyl (C=O) groups is 1. The van der Waals surface area contributed by atoms with Crippen molar-refractivity contribution in [3.05, 3.63) is 43.0 Å². The second-order valence-corrected chi connectivity index (χ2v) is 3.33. The lowest BCUT2D eigenvalue weighted by molar-refractivity contribution is -0.116. The number of carbonyl (C=O) groups excluding carboxylic acids is 1. The van der Waals surface area contributed by atoms with Crippen molar-refractivity contribution in [2.75, 3.05) is 5.32 Å². The molecule has 0 aromatic heterocycles. The van der Waals surface area contributed by atoms with Crippen LogP contribution in [-0.2, 0) is 4.79 Å². The zero-order valence-electron chi connectivity index (χ0n) is 8.36. The number of anilines is 1. The average Bonchev–Trinajstić information content (AvgIpc) is 2.19. The van der Waals surface area contributed by atoms with Gasteiger partial charge in [-0.25, -0.2) is 0 Å². The number of hydrogen-bond acceptors (Lipinski definition) is 1. The lowest BCUT2D eigenvalue weighted by Gasteiger charge is -2.06. The molecule has 1 aromatic carbocycles. The van der Waals surface area contributed by atoms with Gasteiger partial charge in [0.2, 0.25) is 5.91 Å². The molecule has 0 bridgehead atoms. The molecule has 0 spiro atoms. The summed E-state index contributed by atoms with van der Waals surface area (Å²) < 4.78 is 0. The van der Waals surface area contributed by atoms with Crippen LogP contribution in [0.25, 0.3) is 0 Å². The summed E-state index contributed by atoms with van der Waals surface area (Å²) >= 11 is 0. The molecule has 1 aromatic rings. The van der Waals surface area contributed by atoms with Gasteiger partial charge in [0.05, 0.1) is 0 Å². The third-order valence-electron chi connectivity index (χ3n) is 1.97. The highest BCUT2D eigenvalue weighted by atomic mass is 16.1. The molecular weight excluding hydrogens is 174 g/mol. The molecule has 74 valence electrons. The van der Waals surface area contributed by atoms with E-state index in [4.69, 9.17) is 0 Å². The quantitative estimate of drug-likeness (QED) is 0.725. The highest BCUT2D eigenvalue weighted by Crippen LogP contribution is 2.08. The summed E-state index contributed by atoms with van der Waals surface area (Å²) in [6.45, 7) is 5.61. The van der Waals surface area contributed by atoms with E-state index in [1.54, 1.807) is 6.08 Å². The summed E-state index contributed by atoms with van der Waals surface area (Å²) in [7, 11) is 0. The van der Waals surface area contributed by atoms with E-state index in [0.717, 1.165) is 5.69 Å². The summed E-state index contributed by atoms with van der Waals surface area (Å²) in [5.74, 6) is 0.252. The molecule has 1 atom stereocenters. The minimum atomic E-state index is 0.0311. The molecule has 0 aliphatic carbocycles. The second kappa shape index (κ2) is 5.22. The van der Waals surface area contributed by atoms with Gasteiger partial charge in [0.25, 0.3) is 0 Å². The van der Waals surface area contributed by atoms with Crippen LogP contribution in [0, 0.1) is 5.92 Å². The Hall–Kier alpha value is -1.57. The fraction of sp³-hybridized carbons (Fsp3) is 0.250. The molecule has 2 nitrogen and oxygen atoms in total. The van der Waals surface area contributed by atoms with Crippen molar-refractivity contribution in [2.45, 2.75) is 13.3 Å². The standard InChI is InChI=1S/C12H15NO/c1-3-10(2)9-12(14)13-11-7-5-4-6-8-11/h3-8,10H,1,9H2,2H3,(H,13,14)/t10-/m1/s1. The van der Waals surface area contributed by atoms with E-state index in [-0.39, 0.29) is 11.8 Å². The van der Waals surface area contributed by atoms with E-state index in [1.165, 1.54) is 0 Å². The third-order valence-corrected chi connectivity index (χ3v) is 1.97. The van der Waals surface area contributed by atoms with Crippen molar-refractivity contribution in [1.29, 1.82) is 0 Å². The minimum absolute atomic E-state index is 0.0311. The maximum Gasteiger partial charge on any atom is 0.224 e. The maximum atomic E-state index is 11.4. The normalized spacial score (nSPS) is 11.8. The van der Waals surface area contributed by atoms with Crippen LogP contribution in [0.3, 0.4) is 0 Å². The monoisotopic (exact) mass is 189 g/mol. The van der Waals surface area contributed by atoms with E-state index in [1.807, 2.05) is 37.3 Å². The Bertz CT molecular complexity index is 305. The molecule has 1 rings (SSSR count). The smallest absolute Gasteiger partial charge is 0.224 e. The van der Waals surface area contributed by atoms with Crippen LogP contribution in [0.1, 0.15) is 13.3 Å². The average molecular weight is 189 g/mol. The Balaban J connectivity index is 2.46. The summed E-state index contributed by atoms with van der Waals surface area (Å²) in [5.41, 5.74) is 0.841. The van der Waals surface area contributed by atoms with Crippen molar-refractivity contribution < 1.29 is 4.79 Å². The molecule has 0 fully saturated rings. The summed E-state index contributed by atoms with van der Waals surface area (Å²) in [6.07, 6.45) is 2.27. The highest BCUT2D eigenvalue weighted by molar-refractivity contribution is 5.90. The van der Waals surface area contributed by atoms with Crippen LogP contribution >= 0.6 is 0 Å². The molecular formula is C12H15NO. The first kappa shape index (κ1) is 10.5. The van der Waals surface area contributed by atoms with Gasteiger partial charge in [-0.3, -0.25) is 4.79 Å². The zero-order valence-corrected chi connectivity index (χ0v) is 8.36. The Morgan fingerprint density at radius 1 is 1.50 bits per heavy atom. The van der Waals surface area contributed by atoms with E-state index < -0.39 is 0 Å². The number of allylic oxidation sites excluding steroid dienone is 1. The van der Waals surface area contributed by atoms with E-state index in [2.05, 4.69) is 11.9 Å². The molecule has 0 saturated heterocycles. The third kappa shape index (κ3) is 3.44. The Morgan fingerprint density at radius 3 is 2.71 bits per heavy atom. The summed E-state index contributed by atoms with van der Waals surface area (Å²) in [4.78, 5) is 11.4. The van der Waals surface area contributed by atoms with Gasteiger partial charge in [-0.15, -0.1) is 6.58 Å². The van der Waals surface area contributed by atoms with E-state index >= 15 is 0 Å². The van der Waals surface area contributed by atoms with Crippen molar-refractivity contribution >= 4 is 11.6 Å². The number of nitrogens with one attached hydrogen (secondary N) is 1. The van der Waals surface area contributed by atoms with Gasteiger partial charge in [0.15, 0.2) is 0 Å². The molecule has 0 aliphatic rings. The number of benzene rings is 1. The highest BCUT2D eigenvalue weighted by Gasteiger charge is 2.05. The van der Waals surface area contributed by atoms with Crippen molar-refractivity contribution in [3.63, 3.8) is 0 Å². The maximum absolute atomic E-state index is 11.4. The molecule has 14 heavy (non-hydrogen) atoms. The molecule has 0 unspecified atom stereocenters. The van der Waals surface area contributed by atoms with Crippen LogP contribution in [0.15, 0.2) is 43.0 Å². The first-order chi connectivity index (χ1) is 6.72. The minimum Gasteiger partial charge on any atom is -0.326 e. The lowest BCUT2D eigenvalue weighted by Crippen LogP contribution is -2.13. The van der Waals surface area contributed by atoms with Gasteiger partial charge in [0, 0.05) is 12.1 Å². The van der Waals surface area contributed by atoms with Gasteiger partial charge >= 0.3 is 0 Å². The van der Waals surface area contributed by atoms with Crippen molar-refractivity contribution in [1.82, 2.24) is 0 Å². The topological polar surface area (TPSA) is 29.1 Å². The number of amides is 1. The predicted octanol–water partition coefficient (Wildman–Crippen LogP) is 2.84. The SMILES string of the molecule is C=C[C@@H](C)CC(=O)Nc1ccccc1. The number of rotatable bonds is 4. The summed E-state index contributed by atoms with van der Waals surface area (Å²) in [5, 5.41) is 2.82. The fourth-order valence-corrected chi connectivity index (χ4v) is 1.11. The summed E-state index contributed by atoms with van der Waals surface area (Å²) in [6, 6.07) is 9.45. The van der Waals surface area contributed by atoms with Gasteiger partial charge in [0.1, 0.15) is 0 Å². The van der Waals surface area contributed by atoms with Crippen LogP contribution in [-0.4, -0.2) is 5.91 Å². The van der Waals surface area contributed by atoms with Crippen LogP contribution < -0.4 is 5.32 Å². The Morgan fingerprint density at radius 2 is 2.14 bits per heavy atom. The molecule has 0 heterocycles.